The Morgan fingerprint density at radius 1 is 1.33 bits per heavy atom. The highest BCUT2D eigenvalue weighted by atomic mass is 16.3. The molecule has 1 aliphatic carbocycles. The Morgan fingerprint density at radius 2 is 2.05 bits per heavy atom. The van der Waals surface area contributed by atoms with Crippen LogP contribution in [0.2, 0.25) is 0 Å². The second-order valence-electron chi connectivity index (χ2n) is 5.21. The molecule has 1 aromatic carbocycles. The fourth-order valence-electron chi connectivity index (χ4n) is 2.85. The first-order valence-corrected chi connectivity index (χ1v) is 7.47. The van der Waals surface area contributed by atoms with Crippen LogP contribution in [0, 0.1) is 11.8 Å². The minimum Gasteiger partial charge on any atom is -0.395 e. The summed E-state index contributed by atoms with van der Waals surface area (Å²) in [5, 5.41) is 9.27. The van der Waals surface area contributed by atoms with E-state index in [1.54, 1.807) is 11.0 Å². The minimum absolute atomic E-state index is 0.0150. The van der Waals surface area contributed by atoms with Crippen LogP contribution in [0.4, 0.5) is 0 Å². The van der Waals surface area contributed by atoms with Gasteiger partial charge in [0.05, 0.1) is 18.7 Å². The number of aliphatic hydroxyl groups excluding tert-OH is 1. The molecule has 21 heavy (non-hydrogen) atoms. The standard InChI is InChI=1S/C17H22N2O2/c18-11-5-7-14-6-1-4-10-16(14)17(21)19(12-13-20)15-8-2-3-9-15/h1,4,6,10,15,20H,2-3,8-9,11-13,18H2. The van der Waals surface area contributed by atoms with Crippen molar-refractivity contribution >= 4 is 5.91 Å². The van der Waals surface area contributed by atoms with Gasteiger partial charge in [-0.15, -0.1) is 0 Å². The van der Waals surface area contributed by atoms with E-state index in [1.807, 2.05) is 18.2 Å². The number of nitrogens with two attached hydrogens (primary N) is 1. The maximum atomic E-state index is 12.8. The van der Waals surface area contributed by atoms with Crippen LogP contribution in [0.25, 0.3) is 0 Å². The highest BCUT2D eigenvalue weighted by molar-refractivity contribution is 5.97. The smallest absolute Gasteiger partial charge is 0.255 e. The molecule has 1 saturated carbocycles. The predicted octanol–water partition coefficient (Wildman–Crippen LogP) is 1.37. The van der Waals surface area contributed by atoms with Gasteiger partial charge in [-0.25, -0.2) is 0 Å². The zero-order valence-corrected chi connectivity index (χ0v) is 12.2. The van der Waals surface area contributed by atoms with Crippen LogP contribution in [-0.2, 0) is 0 Å². The van der Waals surface area contributed by atoms with Crippen LogP contribution in [0.5, 0.6) is 0 Å². The SMILES string of the molecule is NCC#Cc1ccccc1C(=O)N(CCO)C1CCCC1. The fourth-order valence-corrected chi connectivity index (χ4v) is 2.85. The van der Waals surface area contributed by atoms with E-state index >= 15 is 0 Å². The summed E-state index contributed by atoms with van der Waals surface area (Å²) in [5.41, 5.74) is 6.71. The van der Waals surface area contributed by atoms with Crippen LogP contribution in [-0.4, -0.2) is 41.7 Å². The van der Waals surface area contributed by atoms with E-state index < -0.39 is 0 Å². The molecule has 4 nitrogen and oxygen atoms in total. The normalized spacial score (nSPS) is 14.6. The van der Waals surface area contributed by atoms with Gasteiger partial charge in [-0.3, -0.25) is 4.79 Å². The molecule has 0 radical (unpaired) electrons. The monoisotopic (exact) mass is 286 g/mol. The summed E-state index contributed by atoms with van der Waals surface area (Å²) in [5.74, 6) is 5.71. The lowest BCUT2D eigenvalue weighted by Gasteiger charge is -2.28. The third kappa shape index (κ3) is 3.84. The Labute approximate surface area is 125 Å². The molecule has 0 heterocycles. The van der Waals surface area contributed by atoms with Crippen LogP contribution < -0.4 is 5.73 Å². The fraction of sp³-hybridized carbons (Fsp3) is 0.471. The lowest BCUT2D eigenvalue weighted by molar-refractivity contribution is 0.0638. The molecule has 0 unspecified atom stereocenters. The maximum absolute atomic E-state index is 12.8. The number of aliphatic hydroxyl groups is 1. The van der Waals surface area contributed by atoms with E-state index in [-0.39, 0.29) is 25.1 Å². The van der Waals surface area contributed by atoms with Crippen molar-refractivity contribution in [3.8, 4) is 11.8 Å². The lowest BCUT2D eigenvalue weighted by atomic mass is 10.0. The van der Waals surface area contributed by atoms with Crippen molar-refractivity contribution in [2.24, 2.45) is 5.73 Å². The van der Waals surface area contributed by atoms with Gasteiger partial charge in [-0.2, -0.15) is 0 Å². The van der Waals surface area contributed by atoms with Crippen molar-refractivity contribution in [3.63, 3.8) is 0 Å². The van der Waals surface area contributed by atoms with E-state index in [0.29, 0.717) is 17.7 Å². The molecule has 1 amide bonds. The summed E-state index contributed by atoms with van der Waals surface area (Å²) in [7, 11) is 0. The number of rotatable bonds is 4. The Morgan fingerprint density at radius 3 is 2.71 bits per heavy atom. The van der Waals surface area contributed by atoms with E-state index in [4.69, 9.17) is 5.73 Å². The van der Waals surface area contributed by atoms with Crippen molar-refractivity contribution in [3.05, 3.63) is 35.4 Å². The number of hydrogen-bond donors (Lipinski definition) is 2. The summed E-state index contributed by atoms with van der Waals surface area (Å²) in [6.45, 7) is 0.631. The Kier molecular flexibility index (Phi) is 5.79. The van der Waals surface area contributed by atoms with E-state index in [0.717, 1.165) is 25.7 Å². The number of benzene rings is 1. The zero-order chi connectivity index (χ0) is 15.1. The van der Waals surface area contributed by atoms with Crippen molar-refractivity contribution in [1.29, 1.82) is 0 Å². The largest absolute Gasteiger partial charge is 0.395 e. The first-order chi connectivity index (χ1) is 10.3. The number of amides is 1. The van der Waals surface area contributed by atoms with Crippen LogP contribution in [0.3, 0.4) is 0 Å². The van der Waals surface area contributed by atoms with E-state index in [1.165, 1.54) is 0 Å². The quantitative estimate of drug-likeness (QED) is 0.822. The molecule has 0 bridgehead atoms. The predicted molar refractivity (Wildman–Crippen MR) is 82.8 cm³/mol. The van der Waals surface area contributed by atoms with Gasteiger partial charge >= 0.3 is 0 Å². The molecule has 0 aromatic heterocycles. The van der Waals surface area contributed by atoms with Gasteiger partial charge in [0.15, 0.2) is 0 Å². The highest BCUT2D eigenvalue weighted by Crippen LogP contribution is 2.25. The number of nitrogens with zero attached hydrogens (tertiary/aromatic N) is 1. The van der Waals surface area contributed by atoms with Crippen molar-refractivity contribution < 1.29 is 9.90 Å². The van der Waals surface area contributed by atoms with Crippen LogP contribution in [0.15, 0.2) is 24.3 Å². The van der Waals surface area contributed by atoms with Gasteiger partial charge in [-0.05, 0) is 25.0 Å². The Hall–Kier alpha value is -1.83. The molecule has 4 heteroatoms. The van der Waals surface area contributed by atoms with Crippen molar-refractivity contribution in [2.75, 3.05) is 19.7 Å². The molecule has 1 fully saturated rings. The molecule has 0 atom stereocenters. The van der Waals surface area contributed by atoms with Gasteiger partial charge in [-0.1, -0.05) is 36.8 Å². The second kappa shape index (κ2) is 7.82. The maximum Gasteiger partial charge on any atom is 0.255 e. The molecule has 1 aliphatic rings. The molecule has 112 valence electrons. The second-order valence-corrected chi connectivity index (χ2v) is 5.21. The molecule has 3 N–H and O–H groups in total. The molecular formula is C17H22N2O2. The van der Waals surface area contributed by atoms with Crippen LogP contribution in [0.1, 0.15) is 41.6 Å². The summed E-state index contributed by atoms with van der Waals surface area (Å²) in [6, 6.07) is 7.57. The number of hydrogen-bond acceptors (Lipinski definition) is 3. The topological polar surface area (TPSA) is 66.6 Å². The molecule has 0 aliphatic heterocycles. The summed E-state index contributed by atoms with van der Waals surface area (Å²) in [4.78, 5) is 14.6. The summed E-state index contributed by atoms with van der Waals surface area (Å²) < 4.78 is 0. The van der Waals surface area contributed by atoms with Gasteiger partial charge < -0.3 is 15.7 Å². The van der Waals surface area contributed by atoms with Gasteiger partial charge in [0.25, 0.3) is 5.91 Å². The first-order valence-electron chi connectivity index (χ1n) is 7.47. The number of carbonyl (C=O) groups excluding carboxylic acids is 1. The summed E-state index contributed by atoms with van der Waals surface area (Å²) in [6.07, 6.45) is 4.33. The lowest BCUT2D eigenvalue weighted by Crippen LogP contribution is -2.41. The van der Waals surface area contributed by atoms with Gasteiger partial charge in [0, 0.05) is 18.2 Å². The zero-order valence-electron chi connectivity index (χ0n) is 12.2. The third-order valence-electron chi connectivity index (χ3n) is 3.85. The molecule has 1 aromatic rings. The average Bonchev–Trinajstić information content (AvgIpc) is 3.04. The third-order valence-corrected chi connectivity index (χ3v) is 3.85. The minimum atomic E-state index is -0.0436. The van der Waals surface area contributed by atoms with Crippen LogP contribution >= 0.6 is 0 Å². The number of carbonyl (C=O) groups is 1. The van der Waals surface area contributed by atoms with E-state index in [9.17, 15) is 9.90 Å². The highest BCUT2D eigenvalue weighted by Gasteiger charge is 2.27. The molecular weight excluding hydrogens is 264 g/mol. The van der Waals surface area contributed by atoms with Crippen molar-refractivity contribution in [1.82, 2.24) is 4.90 Å². The molecule has 0 saturated heterocycles. The van der Waals surface area contributed by atoms with Gasteiger partial charge in [0.1, 0.15) is 0 Å². The van der Waals surface area contributed by atoms with E-state index in [2.05, 4.69) is 11.8 Å². The van der Waals surface area contributed by atoms with Crippen molar-refractivity contribution in [2.45, 2.75) is 31.7 Å². The van der Waals surface area contributed by atoms with Gasteiger partial charge in [0.2, 0.25) is 0 Å². The average molecular weight is 286 g/mol. The Balaban J connectivity index is 2.27. The molecule has 2 rings (SSSR count). The Bertz CT molecular complexity index is 539. The summed E-state index contributed by atoms with van der Waals surface area (Å²) >= 11 is 0. The first kappa shape index (κ1) is 15.6. The molecule has 0 spiro atoms.